The number of amides is 1. The summed E-state index contributed by atoms with van der Waals surface area (Å²) in [6.45, 7) is 1.88. The molecule has 0 fully saturated rings. The van der Waals surface area contributed by atoms with E-state index in [-0.39, 0.29) is 5.91 Å². The zero-order chi connectivity index (χ0) is 17.5. The van der Waals surface area contributed by atoms with Crippen LogP contribution < -0.4 is 19.5 Å². The van der Waals surface area contributed by atoms with Crippen LogP contribution in [-0.2, 0) is 4.79 Å². The van der Waals surface area contributed by atoms with Crippen molar-refractivity contribution in [3.63, 3.8) is 0 Å². The first-order chi connectivity index (χ1) is 11.6. The molecule has 0 aliphatic rings. The lowest BCUT2D eigenvalue weighted by molar-refractivity contribution is -0.122. The summed E-state index contributed by atoms with van der Waals surface area (Å²) in [5.74, 6) is 1.26. The van der Waals surface area contributed by atoms with Crippen molar-refractivity contribution in [3.8, 4) is 17.2 Å². The standard InChI is InChI=1S/C18H20ClNO4/c1-4-15(24-12-8-6-5-7-9-12)18(21)20-14-11-16(22-2)13(19)10-17(14)23-3/h5-11,15H,4H2,1-3H3,(H,20,21)/t15-/m0/s1. The van der Waals surface area contributed by atoms with E-state index in [1.165, 1.54) is 14.2 Å². The van der Waals surface area contributed by atoms with E-state index in [1.807, 2.05) is 37.3 Å². The number of benzene rings is 2. The van der Waals surface area contributed by atoms with Gasteiger partial charge in [0, 0.05) is 12.1 Å². The summed E-state index contributed by atoms with van der Waals surface area (Å²) in [7, 11) is 3.01. The Balaban J connectivity index is 2.18. The van der Waals surface area contributed by atoms with Crippen LogP contribution in [0.4, 0.5) is 5.69 Å². The van der Waals surface area contributed by atoms with Crippen molar-refractivity contribution in [1.29, 1.82) is 0 Å². The normalized spacial score (nSPS) is 11.5. The summed E-state index contributed by atoms with van der Waals surface area (Å²) in [5, 5.41) is 3.21. The Kier molecular flexibility index (Phi) is 6.32. The van der Waals surface area contributed by atoms with Gasteiger partial charge in [0.15, 0.2) is 6.10 Å². The minimum absolute atomic E-state index is 0.274. The van der Waals surface area contributed by atoms with Crippen molar-refractivity contribution < 1.29 is 19.0 Å². The van der Waals surface area contributed by atoms with Gasteiger partial charge >= 0.3 is 0 Å². The number of halogens is 1. The van der Waals surface area contributed by atoms with Gasteiger partial charge in [-0.25, -0.2) is 0 Å². The number of methoxy groups -OCH3 is 2. The van der Waals surface area contributed by atoms with E-state index < -0.39 is 6.10 Å². The SMILES string of the molecule is CC[C@H](Oc1ccccc1)C(=O)Nc1cc(OC)c(Cl)cc1OC. The molecule has 6 heteroatoms. The van der Waals surface area contributed by atoms with E-state index in [0.29, 0.717) is 34.4 Å². The molecule has 0 heterocycles. The quantitative estimate of drug-likeness (QED) is 0.815. The Morgan fingerprint density at radius 3 is 2.38 bits per heavy atom. The predicted octanol–water partition coefficient (Wildman–Crippen LogP) is 4.15. The molecule has 0 saturated carbocycles. The molecule has 1 amide bonds. The monoisotopic (exact) mass is 349 g/mol. The molecule has 2 rings (SSSR count). The largest absolute Gasteiger partial charge is 0.495 e. The second-order valence-electron chi connectivity index (χ2n) is 5.00. The average molecular weight is 350 g/mol. The molecule has 0 aliphatic carbocycles. The summed E-state index contributed by atoms with van der Waals surface area (Å²) in [5.41, 5.74) is 0.471. The molecule has 0 bridgehead atoms. The zero-order valence-electron chi connectivity index (χ0n) is 13.8. The van der Waals surface area contributed by atoms with Crippen molar-refractivity contribution in [1.82, 2.24) is 0 Å². The third-order valence-electron chi connectivity index (χ3n) is 3.42. The third-order valence-corrected chi connectivity index (χ3v) is 3.71. The van der Waals surface area contributed by atoms with Crippen LogP contribution >= 0.6 is 11.6 Å². The molecule has 0 radical (unpaired) electrons. The molecule has 0 aromatic heterocycles. The van der Waals surface area contributed by atoms with Gasteiger partial charge in [-0.3, -0.25) is 4.79 Å². The Bertz CT molecular complexity index is 691. The van der Waals surface area contributed by atoms with Gasteiger partial charge in [-0.2, -0.15) is 0 Å². The number of anilines is 1. The van der Waals surface area contributed by atoms with Gasteiger partial charge in [-0.15, -0.1) is 0 Å². The first-order valence-electron chi connectivity index (χ1n) is 7.53. The van der Waals surface area contributed by atoms with Gasteiger partial charge in [0.2, 0.25) is 0 Å². The topological polar surface area (TPSA) is 56.8 Å². The fourth-order valence-corrected chi connectivity index (χ4v) is 2.39. The first-order valence-corrected chi connectivity index (χ1v) is 7.91. The van der Waals surface area contributed by atoms with Crippen LogP contribution in [0.15, 0.2) is 42.5 Å². The molecule has 128 valence electrons. The Morgan fingerprint density at radius 1 is 1.12 bits per heavy atom. The smallest absolute Gasteiger partial charge is 0.265 e. The van der Waals surface area contributed by atoms with E-state index in [4.69, 9.17) is 25.8 Å². The summed E-state index contributed by atoms with van der Waals surface area (Å²) in [6, 6.07) is 12.4. The maximum atomic E-state index is 12.5. The summed E-state index contributed by atoms with van der Waals surface area (Å²) < 4.78 is 16.2. The number of hydrogen-bond acceptors (Lipinski definition) is 4. The summed E-state index contributed by atoms with van der Waals surface area (Å²) >= 11 is 6.07. The first kappa shape index (κ1) is 17.9. The number of rotatable bonds is 7. The molecular formula is C18H20ClNO4. The highest BCUT2D eigenvalue weighted by atomic mass is 35.5. The maximum absolute atomic E-state index is 12.5. The number of nitrogens with one attached hydrogen (secondary N) is 1. The van der Waals surface area contributed by atoms with Crippen LogP contribution in [0.3, 0.4) is 0 Å². The summed E-state index contributed by atoms with van der Waals surface area (Å²) in [4.78, 5) is 12.5. The molecule has 2 aromatic carbocycles. The van der Waals surface area contributed by atoms with Crippen molar-refractivity contribution in [2.45, 2.75) is 19.4 Å². The Morgan fingerprint density at radius 2 is 1.79 bits per heavy atom. The Labute approximate surface area is 146 Å². The van der Waals surface area contributed by atoms with Gasteiger partial charge in [0.25, 0.3) is 5.91 Å². The average Bonchev–Trinajstić information content (AvgIpc) is 2.61. The molecule has 0 spiro atoms. The van der Waals surface area contributed by atoms with Gasteiger partial charge in [0.05, 0.1) is 24.9 Å². The van der Waals surface area contributed by atoms with Gasteiger partial charge in [-0.05, 0) is 18.6 Å². The van der Waals surface area contributed by atoms with Crippen molar-refractivity contribution in [2.75, 3.05) is 19.5 Å². The van der Waals surface area contributed by atoms with Crippen LogP contribution in [0, 0.1) is 0 Å². The van der Waals surface area contributed by atoms with E-state index in [9.17, 15) is 4.79 Å². The van der Waals surface area contributed by atoms with Gasteiger partial charge in [0.1, 0.15) is 17.2 Å². The molecule has 1 N–H and O–H groups in total. The van der Waals surface area contributed by atoms with Crippen LogP contribution in [0.25, 0.3) is 0 Å². The minimum atomic E-state index is -0.626. The van der Waals surface area contributed by atoms with Gasteiger partial charge < -0.3 is 19.5 Å². The second kappa shape index (κ2) is 8.45. The molecule has 0 saturated heterocycles. The maximum Gasteiger partial charge on any atom is 0.265 e. The second-order valence-corrected chi connectivity index (χ2v) is 5.41. The molecule has 5 nitrogen and oxygen atoms in total. The minimum Gasteiger partial charge on any atom is -0.495 e. The van der Waals surface area contributed by atoms with Crippen molar-refractivity contribution in [2.24, 2.45) is 0 Å². The fourth-order valence-electron chi connectivity index (χ4n) is 2.16. The number of carbonyl (C=O) groups excluding carboxylic acids is 1. The van der Waals surface area contributed by atoms with Crippen LogP contribution in [0.1, 0.15) is 13.3 Å². The number of hydrogen-bond donors (Lipinski definition) is 1. The van der Waals surface area contributed by atoms with Crippen molar-refractivity contribution in [3.05, 3.63) is 47.5 Å². The molecule has 0 aliphatic heterocycles. The molecule has 2 aromatic rings. The van der Waals surface area contributed by atoms with Gasteiger partial charge in [-0.1, -0.05) is 36.7 Å². The number of para-hydroxylation sites is 1. The van der Waals surface area contributed by atoms with Crippen LogP contribution in [-0.4, -0.2) is 26.2 Å². The third kappa shape index (κ3) is 4.32. The van der Waals surface area contributed by atoms with Crippen molar-refractivity contribution >= 4 is 23.2 Å². The number of carbonyl (C=O) groups is 1. The Hall–Kier alpha value is -2.40. The van der Waals surface area contributed by atoms with E-state index in [2.05, 4.69) is 5.32 Å². The highest BCUT2D eigenvalue weighted by Crippen LogP contribution is 2.36. The molecular weight excluding hydrogens is 330 g/mol. The number of ether oxygens (including phenoxy) is 3. The lowest BCUT2D eigenvalue weighted by Crippen LogP contribution is -2.32. The molecule has 0 unspecified atom stereocenters. The van der Waals surface area contributed by atoms with Crippen LogP contribution in [0.5, 0.6) is 17.2 Å². The summed E-state index contributed by atoms with van der Waals surface area (Å²) in [6.07, 6.45) is -0.105. The lowest BCUT2D eigenvalue weighted by Gasteiger charge is -2.19. The van der Waals surface area contributed by atoms with E-state index >= 15 is 0 Å². The highest BCUT2D eigenvalue weighted by Gasteiger charge is 2.21. The lowest BCUT2D eigenvalue weighted by atomic mass is 10.2. The molecule has 1 atom stereocenters. The predicted molar refractivity (Wildman–Crippen MR) is 94.3 cm³/mol. The van der Waals surface area contributed by atoms with E-state index in [1.54, 1.807) is 12.1 Å². The van der Waals surface area contributed by atoms with E-state index in [0.717, 1.165) is 0 Å². The zero-order valence-corrected chi connectivity index (χ0v) is 14.6. The highest BCUT2D eigenvalue weighted by molar-refractivity contribution is 6.32. The molecule has 24 heavy (non-hydrogen) atoms. The fraction of sp³-hybridized carbons (Fsp3) is 0.278. The van der Waals surface area contributed by atoms with Crippen LogP contribution in [0.2, 0.25) is 5.02 Å².